The van der Waals surface area contributed by atoms with Gasteiger partial charge in [-0.15, -0.1) is 0 Å². The molecule has 0 aliphatic carbocycles. The quantitative estimate of drug-likeness (QED) is 0.312. The van der Waals surface area contributed by atoms with E-state index < -0.39 is 0 Å². The molecule has 0 fully saturated rings. The molecule has 154 valence electrons. The minimum absolute atomic E-state index is 0.323. The smallest absolute Gasteiger partial charge is 0.165 e. The van der Waals surface area contributed by atoms with Crippen LogP contribution in [0, 0.1) is 5.82 Å². The molecular weight excluding hydrogens is 513 g/mol. The first-order valence-electron chi connectivity index (χ1n) is 9.41. The van der Waals surface area contributed by atoms with E-state index in [0.717, 1.165) is 14.5 Å². The first-order chi connectivity index (χ1) is 14.6. The van der Waals surface area contributed by atoms with Crippen LogP contribution in [0.15, 0.2) is 64.4 Å². The van der Waals surface area contributed by atoms with Gasteiger partial charge in [0, 0.05) is 36.1 Å². The van der Waals surface area contributed by atoms with Gasteiger partial charge in [0.15, 0.2) is 5.65 Å². The van der Waals surface area contributed by atoms with Crippen LogP contribution in [-0.4, -0.2) is 19.6 Å². The number of aromatic nitrogens is 4. The van der Waals surface area contributed by atoms with Crippen molar-refractivity contribution >= 4 is 49.4 Å². The number of halogens is 3. The number of hydrogen-bond acceptors (Lipinski definition) is 4. The van der Waals surface area contributed by atoms with E-state index in [2.05, 4.69) is 52.2 Å². The monoisotopic (exact) mass is 531 g/mol. The van der Waals surface area contributed by atoms with Gasteiger partial charge in [-0.1, -0.05) is 32.0 Å². The maximum Gasteiger partial charge on any atom is 0.165 e. The third-order valence-corrected chi connectivity index (χ3v) is 4.57. The van der Waals surface area contributed by atoms with Crippen molar-refractivity contribution in [1.82, 2.24) is 19.6 Å². The topological polar surface area (TPSA) is 55.1 Å². The summed E-state index contributed by atoms with van der Waals surface area (Å²) in [7, 11) is 0. The zero-order chi connectivity index (χ0) is 21.5. The molecular formula is C22H20Br2FN5. The Balaban J connectivity index is 0.00000124. The Bertz CT molecular complexity index is 1150. The zero-order valence-electron chi connectivity index (χ0n) is 16.5. The van der Waals surface area contributed by atoms with Gasteiger partial charge in [0.1, 0.15) is 11.6 Å². The molecule has 0 unspecified atom stereocenters. The van der Waals surface area contributed by atoms with E-state index in [9.17, 15) is 4.39 Å². The molecule has 0 aliphatic rings. The number of benzene rings is 1. The molecule has 0 spiro atoms. The lowest BCUT2D eigenvalue weighted by Crippen LogP contribution is -2.07. The third kappa shape index (κ3) is 5.12. The van der Waals surface area contributed by atoms with Gasteiger partial charge in [-0.2, -0.15) is 9.61 Å². The number of nitrogens with one attached hydrogen (secondary N) is 1. The lowest BCUT2D eigenvalue weighted by Gasteiger charge is -2.11. The fourth-order valence-corrected chi connectivity index (χ4v) is 3.32. The van der Waals surface area contributed by atoms with Crippen LogP contribution in [0.3, 0.4) is 0 Å². The average Bonchev–Trinajstić information content (AvgIpc) is 3.16. The molecule has 0 amide bonds. The van der Waals surface area contributed by atoms with Crippen molar-refractivity contribution < 1.29 is 4.39 Å². The largest absolute Gasteiger partial charge is 0.366 e. The Hall–Kier alpha value is -2.58. The summed E-state index contributed by atoms with van der Waals surface area (Å²) in [5.41, 5.74) is 3.40. The highest BCUT2D eigenvalue weighted by molar-refractivity contribution is 9.28. The van der Waals surface area contributed by atoms with Crippen molar-refractivity contribution in [3.63, 3.8) is 0 Å². The maximum absolute atomic E-state index is 14.4. The summed E-state index contributed by atoms with van der Waals surface area (Å²) >= 11 is 6.73. The summed E-state index contributed by atoms with van der Waals surface area (Å²) in [6, 6.07) is 12.3. The van der Waals surface area contributed by atoms with Gasteiger partial charge in [-0.3, -0.25) is 4.98 Å². The van der Waals surface area contributed by atoms with E-state index in [1.54, 1.807) is 47.4 Å². The second-order valence-electron chi connectivity index (χ2n) is 5.99. The number of hydrogen-bond donors (Lipinski definition) is 1. The first-order valence-corrected chi connectivity index (χ1v) is 11.0. The van der Waals surface area contributed by atoms with E-state index >= 15 is 0 Å². The van der Waals surface area contributed by atoms with Crippen LogP contribution in [0.25, 0.3) is 23.0 Å². The highest BCUT2D eigenvalue weighted by Gasteiger charge is 2.14. The van der Waals surface area contributed by atoms with Gasteiger partial charge in [0.2, 0.25) is 0 Å². The van der Waals surface area contributed by atoms with Crippen LogP contribution in [0.4, 0.5) is 10.2 Å². The molecule has 1 N–H and O–H groups in total. The predicted molar refractivity (Wildman–Crippen MR) is 127 cm³/mol. The van der Waals surface area contributed by atoms with Gasteiger partial charge < -0.3 is 5.32 Å². The fraction of sp³-hybridized carbons (Fsp3) is 0.136. The molecule has 0 saturated heterocycles. The Morgan fingerprint density at radius 2 is 1.93 bits per heavy atom. The average molecular weight is 533 g/mol. The zero-order valence-corrected chi connectivity index (χ0v) is 19.7. The molecule has 0 bridgehead atoms. The van der Waals surface area contributed by atoms with Gasteiger partial charge in [0.25, 0.3) is 0 Å². The molecule has 0 radical (unpaired) electrons. The normalized spacial score (nSPS) is 10.3. The van der Waals surface area contributed by atoms with Gasteiger partial charge in [-0.25, -0.2) is 9.37 Å². The van der Waals surface area contributed by atoms with Crippen LogP contribution in [0.1, 0.15) is 25.0 Å². The van der Waals surface area contributed by atoms with Gasteiger partial charge in [-0.05, 0) is 61.7 Å². The Morgan fingerprint density at radius 1 is 1.13 bits per heavy atom. The number of nitrogens with zero attached hydrogens (tertiary/aromatic N) is 4. The van der Waals surface area contributed by atoms with Crippen LogP contribution < -0.4 is 5.32 Å². The number of rotatable bonds is 5. The van der Waals surface area contributed by atoms with E-state index in [0.29, 0.717) is 29.3 Å². The molecule has 3 heterocycles. The van der Waals surface area contributed by atoms with Crippen molar-refractivity contribution in [2.24, 2.45) is 0 Å². The minimum atomic E-state index is -0.323. The molecule has 8 heteroatoms. The Kier molecular flexibility index (Phi) is 7.70. The van der Waals surface area contributed by atoms with E-state index in [1.807, 2.05) is 32.1 Å². The number of anilines is 1. The first kappa shape index (κ1) is 22.1. The SMILES string of the molecule is CC.Fc1ccccc1-c1cc(NCc2cccnc2)n2ncc(C=C(Br)Br)c2n1. The van der Waals surface area contributed by atoms with Crippen molar-refractivity contribution in [1.29, 1.82) is 0 Å². The molecule has 0 saturated carbocycles. The van der Waals surface area contributed by atoms with Crippen LogP contribution >= 0.6 is 31.9 Å². The summed E-state index contributed by atoms with van der Waals surface area (Å²) < 4.78 is 16.8. The molecule has 30 heavy (non-hydrogen) atoms. The minimum Gasteiger partial charge on any atom is -0.366 e. The number of fused-ring (bicyclic) bond motifs is 1. The molecule has 4 aromatic rings. The molecule has 1 aromatic carbocycles. The lowest BCUT2D eigenvalue weighted by atomic mass is 10.1. The summed E-state index contributed by atoms with van der Waals surface area (Å²) in [4.78, 5) is 8.79. The molecule has 4 rings (SSSR count). The molecule has 5 nitrogen and oxygen atoms in total. The summed E-state index contributed by atoms with van der Waals surface area (Å²) in [5, 5.41) is 7.79. The van der Waals surface area contributed by atoms with Crippen LogP contribution in [0.5, 0.6) is 0 Å². The van der Waals surface area contributed by atoms with E-state index in [1.165, 1.54) is 6.07 Å². The molecule has 3 aromatic heterocycles. The lowest BCUT2D eigenvalue weighted by molar-refractivity contribution is 0.630. The molecule has 0 aliphatic heterocycles. The standard InChI is InChI=1S/C20H14Br2FN5.C2H6/c21-18(22)8-14-12-26-28-19(25-11-13-4-3-7-24-10-13)9-17(27-20(14)28)15-5-1-2-6-16(15)23;1-2/h1-10,12,25H,11H2;1-2H3. The second-order valence-corrected chi connectivity index (χ2v) is 8.76. The van der Waals surface area contributed by atoms with Crippen LogP contribution in [0.2, 0.25) is 0 Å². The highest BCUT2D eigenvalue weighted by atomic mass is 79.9. The fourth-order valence-electron chi connectivity index (χ4n) is 2.83. The number of pyridine rings is 1. The van der Waals surface area contributed by atoms with Crippen molar-refractivity contribution in [2.45, 2.75) is 20.4 Å². The van der Waals surface area contributed by atoms with Crippen molar-refractivity contribution in [3.05, 3.63) is 81.4 Å². The predicted octanol–water partition coefficient (Wildman–Crippen LogP) is 6.66. The highest BCUT2D eigenvalue weighted by Crippen LogP contribution is 2.28. The van der Waals surface area contributed by atoms with E-state index in [-0.39, 0.29) is 5.82 Å². The van der Waals surface area contributed by atoms with Gasteiger partial charge >= 0.3 is 0 Å². The van der Waals surface area contributed by atoms with Crippen molar-refractivity contribution in [2.75, 3.05) is 5.32 Å². The Labute approximate surface area is 191 Å². The molecule has 0 atom stereocenters. The van der Waals surface area contributed by atoms with Crippen LogP contribution in [-0.2, 0) is 6.54 Å². The van der Waals surface area contributed by atoms with Crippen molar-refractivity contribution in [3.8, 4) is 11.3 Å². The Morgan fingerprint density at radius 3 is 2.63 bits per heavy atom. The van der Waals surface area contributed by atoms with Gasteiger partial charge in [0.05, 0.1) is 15.3 Å². The van der Waals surface area contributed by atoms with E-state index in [4.69, 9.17) is 0 Å². The second kappa shape index (κ2) is 10.4. The third-order valence-electron chi connectivity index (χ3n) is 4.11. The maximum atomic E-state index is 14.4. The summed E-state index contributed by atoms with van der Waals surface area (Å²) in [6.45, 7) is 4.55. The summed E-state index contributed by atoms with van der Waals surface area (Å²) in [6.07, 6.45) is 7.09. The summed E-state index contributed by atoms with van der Waals surface area (Å²) in [5.74, 6) is 0.383.